The molecule has 8 nitrogen and oxygen atoms in total. The molecular formula is C29H32FN5O3. The second-order valence-electron chi connectivity index (χ2n) is 10.5. The molecule has 2 aliphatic rings. The maximum atomic E-state index is 15.0. The summed E-state index contributed by atoms with van der Waals surface area (Å²) >= 11 is 0. The standard InChI is InChI=1S/C29H32FN5O3/c1-35(28(37)38)21-10-7-18(8-11-21)15-26(36)32-25-17-22(19-5-3-2-4-6-19)27(34-33-25)20-9-12-23(24(30)16-20)29(31)13-14-29/h2-6,9,12,16-18,21H,7-8,10-11,13-15,31H2,1H3,(H,37,38)(H,32,33,36)/t18-,21-. The largest absolute Gasteiger partial charge is 0.465 e. The number of benzene rings is 2. The van der Waals surface area contributed by atoms with Gasteiger partial charge in [0, 0.05) is 41.7 Å². The smallest absolute Gasteiger partial charge is 0.407 e. The van der Waals surface area contributed by atoms with E-state index < -0.39 is 11.6 Å². The number of rotatable bonds is 7. The molecule has 0 unspecified atom stereocenters. The third kappa shape index (κ3) is 5.52. The zero-order chi connectivity index (χ0) is 26.9. The summed E-state index contributed by atoms with van der Waals surface area (Å²) in [5, 5.41) is 20.7. The summed E-state index contributed by atoms with van der Waals surface area (Å²) in [6, 6.07) is 16.4. The summed E-state index contributed by atoms with van der Waals surface area (Å²) in [6.45, 7) is 0. The normalized spacial score (nSPS) is 20.0. The molecule has 0 bridgehead atoms. The van der Waals surface area contributed by atoms with Crippen LogP contribution in [-0.2, 0) is 10.3 Å². The first-order valence-corrected chi connectivity index (χ1v) is 13.0. The Bertz CT molecular complexity index is 1340. The summed E-state index contributed by atoms with van der Waals surface area (Å²) in [4.78, 5) is 25.4. The van der Waals surface area contributed by atoms with Crippen molar-refractivity contribution in [1.29, 1.82) is 0 Å². The molecule has 2 aliphatic carbocycles. The van der Waals surface area contributed by atoms with E-state index in [0.717, 1.165) is 49.7 Å². The molecule has 2 saturated carbocycles. The Hall–Kier alpha value is -3.85. The van der Waals surface area contributed by atoms with E-state index in [1.54, 1.807) is 19.2 Å². The van der Waals surface area contributed by atoms with Crippen LogP contribution in [0.15, 0.2) is 54.6 Å². The number of nitrogens with zero attached hydrogens (tertiary/aromatic N) is 3. The quantitative estimate of drug-likeness (QED) is 0.386. The topological polar surface area (TPSA) is 121 Å². The third-order valence-corrected chi connectivity index (χ3v) is 7.85. The molecule has 2 amide bonds. The number of nitrogens with one attached hydrogen (secondary N) is 1. The first-order chi connectivity index (χ1) is 18.2. The average molecular weight is 518 g/mol. The minimum absolute atomic E-state index is 0.00258. The lowest BCUT2D eigenvalue weighted by atomic mass is 9.83. The highest BCUT2D eigenvalue weighted by Gasteiger charge is 2.42. The second kappa shape index (κ2) is 10.5. The monoisotopic (exact) mass is 517 g/mol. The molecular weight excluding hydrogens is 485 g/mol. The van der Waals surface area contributed by atoms with Crippen LogP contribution in [0.4, 0.5) is 15.0 Å². The van der Waals surface area contributed by atoms with Crippen LogP contribution in [-0.4, -0.2) is 45.3 Å². The van der Waals surface area contributed by atoms with Crippen molar-refractivity contribution in [2.45, 2.75) is 56.5 Å². The molecule has 1 aromatic heterocycles. The molecule has 0 atom stereocenters. The molecule has 2 aromatic carbocycles. The number of nitrogens with two attached hydrogens (primary N) is 1. The molecule has 2 fully saturated rings. The van der Waals surface area contributed by atoms with Gasteiger partial charge in [-0.05, 0) is 62.1 Å². The van der Waals surface area contributed by atoms with Crippen LogP contribution in [0.1, 0.15) is 50.5 Å². The molecule has 5 rings (SSSR count). The molecule has 1 heterocycles. The van der Waals surface area contributed by atoms with Gasteiger partial charge in [-0.15, -0.1) is 10.2 Å². The zero-order valence-electron chi connectivity index (χ0n) is 21.4. The number of hydrogen-bond acceptors (Lipinski definition) is 5. The molecule has 4 N–H and O–H groups in total. The third-order valence-electron chi connectivity index (χ3n) is 7.85. The molecule has 0 spiro atoms. The van der Waals surface area contributed by atoms with E-state index in [2.05, 4.69) is 15.5 Å². The highest BCUT2D eigenvalue weighted by molar-refractivity contribution is 5.91. The molecule has 0 saturated heterocycles. The summed E-state index contributed by atoms with van der Waals surface area (Å²) in [5.74, 6) is 0.0000796. The minimum Gasteiger partial charge on any atom is -0.465 e. The molecule has 3 aromatic rings. The number of aromatic nitrogens is 2. The van der Waals surface area contributed by atoms with Crippen LogP contribution in [0.3, 0.4) is 0 Å². The highest BCUT2D eigenvalue weighted by Crippen LogP contribution is 2.44. The number of hydrogen-bond donors (Lipinski definition) is 3. The van der Waals surface area contributed by atoms with Crippen LogP contribution >= 0.6 is 0 Å². The summed E-state index contributed by atoms with van der Waals surface area (Å²) in [5.41, 5.74) is 8.86. The van der Waals surface area contributed by atoms with E-state index >= 15 is 0 Å². The van der Waals surface area contributed by atoms with E-state index in [9.17, 15) is 19.1 Å². The van der Waals surface area contributed by atoms with Crippen molar-refractivity contribution in [2.75, 3.05) is 12.4 Å². The Balaban J connectivity index is 1.32. The van der Waals surface area contributed by atoms with Gasteiger partial charge in [0.2, 0.25) is 5.91 Å². The summed E-state index contributed by atoms with van der Waals surface area (Å²) in [6.07, 6.45) is 4.03. The van der Waals surface area contributed by atoms with Gasteiger partial charge in [0.05, 0.1) is 0 Å². The lowest BCUT2D eigenvalue weighted by Gasteiger charge is -2.32. The second-order valence-corrected chi connectivity index (χ2v) is 10.5. The number of anilines is 1. The van der Waals surface area contributed by atoms with Crippen molar-refractivity contribution in [1.82, 2.24) is 15.1 Å². The van der Waals surface area contributed by atoms with Crippen molar-refractivity contribution in [3.63, 3.8) is 0 Å². The Kier molecular flexibility index (Phi) is 7.12. The lowest BCUT2D eigenvalue weighted by molar-refractivity contribution is -0.117. The maximum absolute atomic E-state index is 15.0. The number of carbonyl (C=O) groups excluding carboxylic acids is 1. The van der Waals surface area contributed by atoms with Gasteiger partial charge in [0.15, 0.2) is 5.82 Å². The fourth-order valence-corrected chi connectivity index (χ4v) is 5.32. The summed E-state index contributed by atoms with van der Waals surface area (Å²) < 4.78 is 15.0. The molecule has 0 aliphatic heterocycles. The maximum Gasteiger partial charge on any atom is 0.407 e. The van der Waals surface area contributed by atoms with Gasteiger partial charge >= 0.3 is 6.09 Å². The van der Waals surface area contributed by atoms with Gasteiger partial charge in [-0.1, -0.05) is 42.5 Å². The van der Waals surface area contributed by atoms with Gasteiger partial charge < -0.3 is 21.1 Å². The van der Waals surface area contributed by atoms with E-state index in [4.69, 9.17) is 5.73 Å². The SMILES string of the molecule is CN(C(=O)O)[C@H]1CC[C@H](CC(=O)Nc2cc(-c3ccccc3)c(-c3ccc(C4(N)CC4)c(F)c3)nn2)CC1. The lowest BCUT2D eigenvalue weighted by Crippen LogP contribution is -2.38. The van der Waals surface area contributed by atoms with Gasteiger partial charge in [-0.2, -0.15) is 0 Å². The van der Waals surface area contributed by atoms with E-state index in [1.165, 1.54) is 11.0 Å². The number of carboxylic acid groups (broad SMARTS) is 1. The van der Waals surface area contributed by atoms with Crippen molar-refractivity contribution >= 4 is 17.8 Å². The van der Waals surface area contributed by atoms with Crippen molar-refractivity contribution in [3.8, 4) is 22.4 Å². The van der Waals surface area contributed by atoms with E-state index in [1.807, 2.05) is 36.4 Å². The molecule has 198 valence electrons. The van der Waals surface area contributed by atoms with Gasteiger partial charge in [-0.25, -0.2) is 9.18 Å². The van der Waals surface area contributed by atoms with Crippen molar-refractivity contribution in [3.05, 3.63) is 66.0 Å². The van der Waals surface area contributed by atoms with Crippen molar-refractivity contribution in [2.24, 2.45) is 11.7 Å². The highest BCUT2D eigenvalue weighted by atomic mass is 19.1. The molecule has 0 radical (unpaired) electrons. The van der Waals surface area contributed by atoms with Gasteiger partial charge in [0.1, 0.15) is 11.5 Å². The van der Waals surface area contributed by atoms with Gasteiger partial charge in [0.25, 0.3) is 0 Å². The Morgan fingerprint density at radius 3 is 2.39 bits per heavy atom. The summed E-state index contributed by atoms with van der Waals surface area (Å²) in [7, 11) is 1.59. The first-order valence-electron chi connectivity index (χ1n) is 13.0. The first kappa shape index (κ1) is 25.8. The number of carbonyl (C=O) groups is 2. The Morgan fingerprint density at radius 1 is 1.05 bits per heavy atom. The van der Waals surface area contributed by atoms with E-state index in [0.29, 0.717) is 29.1 Å². The van der Waals surface area contributed by atoms with Crippen LogP contribution in [0.25, 0.3) is 22.4 Å². The predicted molar refractivity (Wildman–Crippen MR) is 143 cm³/mol. The number of amides is 2. The zero-order valence-corrected chi connectivity index (χ0v) is 21.4. The van der Waals surface area contributed by atoms with Crippen LogP contribution in [0, 0.1) is 11.7 Å². The van der Waals surface area contributed by atoms with E-state index in [-0.39, 0.29) is 23.7 Å². The van der Waals surface area contributed by atoms with Crippen LogP contribution in [0.5, 0.6) is 0 Å². The van der Waals surface area contributed by atoms with Gasteiger partial charge in [-0.3, -0.25) is 4.79 Å². The Labute approximate surface area is 221 Å². The Morgan fingerprint density at radius 2 is 1.76 bits per heavy atom. The van der Waals surface area contributed by atoms with Crippen molar-refractivity contribution < 1.29 is 19.1 Å². The predicted octanol–water partition coefficient (Wildman–Crippen LogP) is 5.39. The fraction of sp³-hybridized carbons (Fsp3) is 0.379. The minimum atomic E-state index is -0.924. The molecule has 38 heavy (non-hydrogen) atoms. The number of halogens is 1. The fourth-order valence-electron chi connectivity index (χ4n) is 5.32. The average Bonchev–Trinajstić information content (AvgIpc) is 3.66. The van der Waals surface area contributed by atoms with Crippen LogP contribution in [0.2, 0.25) is 0 Å². The molecule has 9 heteroatoms. The van der Waals surface area contributed by atoms with Crippen LogP contribution < -0.4 is 11.1 Å².